The zero-order chi connectivity index (χ0) is 12.8. The first-order chi connectivity index (χ1) is 8.85. The van der Waals surface area contributed by atoms with Gasteiger partial charge in [0, 0.05) is 25.7 Å². The number of hydrogen-bond acceptors (Lipinski definition) is 3. The lowest BCUT2D eigenvalue weighted by molar-refractivity contribution is 0.171. The third kappa shape index (κ3) is 3.16. The quantitative estimate of drug-likeness (QED) is 0.726. The van der Waals surface area contributed by atoms with Crippen LogP contribution in [0.4, 0.5) is 0 Å². The van der Waals surface area contributed by atoms with Gasteiger partial charge in [0.2, 0.25) is 0 Å². The van der Waals surface area contributed by atoms with Crippen LogP contribution in [0.15, 0.2) is 12.1 Å². The highest BCUT2D eigenvalue weighted by molar-refractivity contribution is 5.49. The van der Waals surface area contributed by atoms with Crippen molar-refractivity contribution >= 4 is 0 Å². The van der Waals surface area contributed by atoms with Crippen molar-refractivity contribution in [3.63, 3.8) is 0 Å². The number of rotatable bonds is 6. The Morgan fingerprint density at radius 3 is 2.94 bits per heavy atom. The number of ether oxygens (including phenoxy) is 3. The maximum atomic E-state index is 5.89. The molecular weight excluding hydrogens is 228 g/mol. The number of methoxy groups -OCH3 is 1. The normalized spacial score (nSPS) is 13.9. The summed E-state index contributed by atoms with van der Waals surface area (Å²) in [4.78, 5) is 0. The Morgan fingerprint density at radius 1 is 1.28 bits per heavy atom. The zero-order valence-electron chi connectivity index (χ0n) is 11.3. The summed E-state index contributed by atoms with van der Waals surface area (Å²) in [6.07, 6.45) is 4.05. The zero-order valence-corrected chi connectivity index (χ0v) is 11.3. The van der Waals surface area contributed by atoms with Crippen molar-refractivity contribution in [2.45, 2.75) is 32.6 Å². The lowest BCUT2D eigenvalue weighted by Crippen LogP contribution is -2.11. The third-order valence-electron chi connectivity index (χ3n) is 3.22. The summed E-state index contributed by atoms with van der Waals surface area (Å²) in [7, 11) is 1.72. The van der Waals surface area contributed by atoms with Gasteiger partial charge in [0.05, 0.1) is 13.2 Å². The molecular formula is C15H22O3. The van der Waals surface area contributed by atoms with Gasteiger partial charge in [-0.1, -0.05) is 6.92 Å². The predicted octanol–water partition coefficient (Wildman–Crippen LogP) is 2.99. The van der Waals surface area contributed by atoms with Gasteiger partial charge in [-0.15, -0.1) is 0 Å². The third-order valence-corrected chi connectivity index (χ3v) is 3.22. The fourth-order valence-corrected chi connectivity index (χ4v) is 2.20. The Morgan fingerprint density at radius 2 is 2.17 bits per heavy atom. The molecule has 100 valence electrons. The molecule has 0 amide bonds. The van der Waals surface area contributed by atoms with E-state index in [2.05, 4.69) is 19.1 Å². The number of benzene rings is 1. The van der Waals surface area contributed by atoms with Gasteiger partial charge in [0.1, 0.15) is 11.5 Å². The molecule has 0 unspecified atom stereocenters. The monoisotopic (exact) mass is 250 g/mol. The van der Waals surface area contributed by atoms with Crippen molar-refractivity contribution in [3.05, 3.63) is 23.3 Å². The van der Waals surface area contributed by atoms with Crippen LogP contribution in [0, 0.1) is 0 Å². The Hall–Kier alpha value is -1.22. The molecule has 1 aromatic rings. The average Bonchev–Trinajstić information content (AvgIpc) is 2.43. The van der Waals surface area contributed by atoms with E-state index in [9.17, 15) is 0 Å². The van der Waals surface area contributed by atoms with Crippen molar-refractivity contribution in [2.75, 3.05) is 26.9 Å². The number of fused-ring (bicyclic) bond motifs is 1. The molecule has 0 saturated carbocycles. The molecule has 18 heavy (non-hydrogen) atoms. The summed E-state index contributed by atoms with van der Waals surface area (Å²) in [6, 6.07) is 4.30. The molecule has 0 aliphatic carbocycles. The van der Waals surface area contributed by atoms with Gasteiger partial charge in [0.25, 0.3) is 0 Å². The summed E-state index contributed by atoms with van der Waals surface area (Å²) in [5.41, 5.74) is 2.51. The highest BCUT2D eigenvalue weighted by atomic mass is 16.5. The molecule has 2 rings (SSSR count). The Labute approximate surface area is 109 Å². The van der Waals surface area contributed by atoms with Crippen LogP contribution in [0.3, 0.4) is 0 Å². The second-order valence-electron chi connectivity index (χ2n) is 4.57. The maximum Gasteiger partial charge on any atom is 0.126 e. The van der Waals surface area contributed by atoms with Gasteiger partial charge in [-0.25, -0.2) is 0 Å². The summed E-state index contributed by atoms with van der Waals surface area (Å²) in [5, 5.41) is 0. The molecule has 0 spiro atoms. The topological polar surface area (TPSA) is 27.7 Å². The van der Waals surface area contributed by atoms with E-state index in [0.29, 0.717) is 6.61 Å². The lowest BCUT2D eigenvalue weighted by Gasteiger charge is -2.21. The van der Waals surface area contributed by atoms with Crippen LogP contribution in [-0.2, 0) is 17.6 Å². The number of aryl methyl sites for hydroxylation is 1. The standard InChI is InChI=1S/C15H22O3/c1-3-12-10-14-13(6-4-8-17-14)15(11-12)18-9-5-7-16-2/h10-11H,3-9H2,1-2H3. The van der Waals surface area contributed by atoms with E-state index >= 15 is 0 Å². The van der Waals surface area contributed by atoms with Crippen molar-refractivity contribution in [3.8, 4) is 11.5 Å². The van der Waals surface area contributed by atoms with Crippen LogP contribution >= 0.6 is 0 Å². The average molecular weight is 250 g/mol. The fraction of sp³-hybridized carbons (Fsp3) is 0.600. The Balaban J connectivity index is 2.11. The van der Waals surface area contributed by atoms with Crippen molar-refractivity contribution in [1.82, 2.24) is 0 Å². The first-order valence-electron chi connectivity index (χ1n) is 6.75. The van der Waals surface area contributed by atoms with E-state index in [4.69, 9.17) is 14.2 Å². The number of hydrogen-bond donors (Lipinski definition) is 0. The maximum absolute atomic E-state index is 5.89. The van der Waals surface area contributed by atoms with E-state index in [1.165, 1.54) is 11.1 Å². The SMILES string of the molecule is CCc1cc(OCCCOC)c2c(c1)OCCC2. The Bertz CT molecular complexity index is 388. The molecule has 1 aliphatic rings. The minimum Gasteiger partial charge on any atom is -0.493 e. The van der Waals surface area contributed by atoms with Crippen LogP contribution in [-0.4, -0.2) is 26.9 Å². The van der Waals surface area contributed by atoms with Gasteiger partial charge in [-0.3, -0.25) is 0 Å². The fourth-order valence-electron chi connectivity index (χ4n) is 2.20. The second-order valence-corrected chi connectivity index (χ2v) is 4.57. The van der Waals surface area contributed by atoms with Crippen LogP contribution in [0.2, 0.25) is 0 Å². The molecule has 0 fully saturated rings. The van der Waals surface area contributed by atoms with E-state index in [0.717, 1.165) is 50.4 Å². The molecule has 3 heteroatoms. The van der Waals surface area contributed by atoms with Gasteiger partial charge < -0.3 is 14.2 Å². The van der Waals surface area contributed by atoms with E-state index in [-0.39, 0.29) is 0 Å². The molecule has 0 bridgehead atoms. The second kappa shape index (κ2) is 6.64. The molecule has 1 aromatic carbocycles. The minimum atomic E-state index is 0.702. The first-order valence-corrected chi connectivity index (χ1v) is 6.75. The van der Waals surface area contributed by atoms with E-state index < -0.39 is 0 Å². The van der Waals surface area contributed by atoms with Crippen molar-refractivity contribution < 1.29 is 14.2 Å². The summed E-state index contributed by atoms with van der Waals surface area (Å²) in [6.45, 7) is 4.42. The first kappa shape index (κ1) is 13.2. The Kier molecular flexibility index (Phi) is 4.88. The van der Waals surface area contributed by atoms with Crippen LogP contribution in [0.5, 0.6) is 11.5 Å². The molecule has 0 atom stereocenters. The van der Waals surface area contributed by atoms with Gasteiger partial charge in [-0.05, 0) is 37.0 Å². The van der Waals surface area contributed by atoms with Gasteiger partial charge in [0.15, 0.2) is 0 Å². The molecule has 0 saturated heterocycles. The van der Waals surface area contributed by atoms with Crippen molar-refractivity contribution in [2.24, 2.45) is 0 Å². The van der Waals surface area contributed by atoms with Gasteiger partial charge >= 0.3 is 0 Å². The summed E-state index contributed by atoms with van der Waals surface area (Å²) < 4.78 is 16.7. The van der Waals surface area contributed by atoms with Crippen LogP contribution in [0.1, 0.15) is 30.9 Å². The molecule has 1 aliphatic heterocycles. The summed E-state index contributed by atoms with van der Waals surface area (Å²) >= 11 is 0. The van der Waals surface area contributed by atoms with Gasteiger partial charge in [-0.2, -0.15) is 0 Å². The van der Waals surface area contributed by atoms with E-state index in [1.54, 1.807) is 7.11 Å². The molecule has 0 N–H and O–H groups in total. The lowest BCUT2D eigenvalue weighted by atomic mass is 10.0. The van der Waals surface area contributed by atoms with Crippen LogP contribution in [0.25, 0.3) is 0 Å². The van der Waals surface area contributed by atoms with Crippen LogP contribution < -0.4 is 9.47 Å². The van der Waals surface area contributed by atoms with Crippen molar-refractivity contribution in [1.29, 1.82) is 0 Å². The molecule has 0 aromatic heterocycles. The molecule has 3 nitrogen and oxygen atoms in total. The summed E-state index contributed by atoms with van der Waals surface area (Å²) in [5.74, 6) is 2.02. The highest BCUT2D eigenvalue weighted by Gasteiger charge is 2.16. The molecule has 1 heterocycles. The highest BCUT2D eigenvalue weighted by Crippen LogP contribution is 2.34. The predicted molar refractivity (Wildman–Crippen MR) is 71.6 cm³/mol. The smallest absolute Gasteiger partial charge is 0.126 e. The minimum absolute atomic E-state index is 0.702. The molecule has 0 radical (unpaired) electrons. The largest absolute Gasteiger partial charge is 0.493 e. The van der Waals surface area contributed by atoms with E-state index in [1.807, 2.05) is 0 Å².